The predicted octanol–water partition coefficient (Wildman–Crippen LogP) is 2.65. The SMILES string of the molecule is CO[C@@]1(CNC(=O)c2ccc(Cl)s2)CCSC1. The van der Waals surface area contributed by atoms with Crippen molar-refractivity contribution < 1.29 is 9.53 Å². The van der Waals surface area contributed by atoms with E-state index in [1.807, 2.05) is 11.8 Å². The van der Waals surface area contributed by atoms with Gasteiger partial charge < -0.3 is 10.1 Å². The lowest BCUT2D eigenvalue weighted by Crippen LogP contribution is -2.44. The van der Waals surface area contributed by atoms with Crippen molar-refractivity contribution in [2.75, 3.05) is 25.2 Å². The number of rotatable bonds is 4. The molecule has 0 aromatic carbocycles. The minimum atomic E-state index is -0.193. The molecule has 1 saturated heterocycles. The van der Waals surface area contributed by atoms with Crippen LogP contribution in [0, 0.1) is 0 Å². The Hall–Kier alpha value is -0.230. The third kappa shape index (κ3) is 3.16. The Labute approximate surface area is 114 Å². The third-order valence-corrected chi connectivity index (χ3v) is 5.32. The van der Waals surface area contributed by atoms with E-state index in [0.717, 1.165) is 17.9 Å². The van der Waals surface area contributed by atoms with E-state index < -0.39 is 0 Å². The summed E-state index contributed by atoms with van der Waals surface area (Å²) in [6, 6.07) is 3.48. The summed E-state index contributed by atoms with van der Waals surface area (Å²) in [5.74, 6) is 1.96. The summed E-state index contributed by atoms with van der Waals surface area (Å²) in [4.78, 5) is 12.5. The number of thioether (sulfide) groups is 1. The first-order chi connectivity index (χ1) is 8.15. The van der Waals surface area contributed by atoms with Crippen molar-refractivity contribution in [2.45, 2.75) is 12.0 Å². The van der Waals surface area contributed by atoms with Crippen molar-refractivity contribution in [3.05, 3.63) is 21.3 Å². The van der Waals surface area contributed by atoms with Crippen molar-refractivity contribution in [1.82, 2.24) is 5.32 Å². The minimum absolute atomic E-state index is 0.0739. The van der Waals surface area contributed by atoms with E-state index in [9.17, 15) is 4.79 Å². The van der Waals surface area contributed by atoms with Crippen molar-refractivity contribution in [3.8, 4) is 0 Å². The molecule has 2 heterocycles. The van der Waals surface area contributed by atoms with Gasteiger partial charge in [-0.05, 0) is 24.3 Å². The highest BCUT2D eigenvalue weighted by Gasteiger charge is 2.34. The molecule has 17 heavy (non-hydrogen) atoms. The zero-order chi connectivity index (χ0) is 12.3. The Morgan fingerprint density at radius 2 is 2.47 bits per heavy atom. The van der Waals surface area contributed by atoms with Gasteiger partial charge in [-0.2, -0.15) is 11.8 Å². The summed E-state index contributed by atoms with van der Waals surface area (Å²) in [5, 5.41) is 2.92. The second kappa shape index (κ2) is 5.61. The van der Waals surface area contributed by atoms with Gasteiger partial charge in [0.05, 0.1) is 14.8 Å². The molecule has 6 heteroatoms. The maximum absolute atomic E-state index is 11.9. The molecule has 94 valence electrons. The van der Waals surface area contributed by atoms with Crippen LogP contribution in [-0.4, -0.2) is 36.7 Å². The molecule has 0 saturated carbocycles. The monoisotopic (exact) mass is 291 g/mol. The Kier molecular flexibility index (Phi) is 4.36. The Bertz CT molecular complexity index is 402. The lowest BCUT2D eigenvalue weighted by molar-refractivity contribution is 0.0137. The van der Waals surface area contributed by atoms with Crippen LogP contribution in [0.5, 0.6) is 0 Å². The van der Waals surface area contributed by atoms with E-state index in [4.69, 9.17) is 16.3 Å². The summed E-state index contributed by atoms with van der Waals surface area (Å²) in [6.45, 7) is 0.560. The van der Waals surface area contributed by atoms with Crippen molar-refractivity contribution >= 4 is 40.6 Å². The lowest BCUT2D eigenvalue weighted by Gasteiger charge is -2.26. The predicted molar refractivity (Wildman–Crippen MR) is 73.3 cm³/mol. The number of methoxy groups -OCH3 is 1. The summed E-state index contributed by atoms with van der Waals surface area (Å²) in [7, 11) is 1.71. The van der Waals surface area contributed by atoms with Crippen LogP contribution in [0.2, 0.25) is 4.34 Å². The van der Waals surface area contributed by atoms with Crippen LogP contribution in [0.1, 0.15) is 16.1 Å². The fourth-order valence-electron chi connectivity index (χ4n) is 1.73. The number of hydrogen-bond donors (Lipinski definition) is 1. The third-order valence-electron chi connectivity index (χ3n) is 2.87. The number of amides is 1. The van der Waals surface area contributed by atoms with E-state index in [-0.39, 0.29) is 11.5 Å². The molecule has 1 N–H and O–H groups in total. The van der Waals surface area contributed by atoms with Crippen molar-refractivity contribution in [1.29, 1.82) is 0 Å². The van der Waals surface area contributed by atoms with Gasteiger partial charge in [0, 0.05) is 19.4 Å². The summed E-state index contributed by atoms with van der Waals surface area (Å²) >= 11 is 8.95. The van der Waals surface area contributed by atoms with Crippen LogP contribution < -0.4 is 5.32 Å². The molecule has 0 unspecified atom stereocenters. The van der Waals surface area contributed by atoms with Crippen molar-refractivity contribution in [2.24, 2.45) is 0 Å². The van der Waals surface area contributed by atoms with E-state index in [2.05, 4.69) is 5.32 Å². The maximum atomic E-state index is 11.9. The van der Waals surface area contributed by atoms with Crippen LogP contribution in [0.15, 0.2) is 12.1 Å². The highest BCUT2D eigenvalue weighted by Crippen LogP contribution is 2.30. The summed E-state index contributed by atoms with van der Waals surface area (Å²) in [6.07, 6.45) is 0.986. The van der Waals surface area contributed by atoms with Crippen LogP contribution in [0.3, 0.4) is 0 Å². The van der Waals surface area contributed by atoms with Gasteiger partial charge in [0.1, 0.15) is 0 Å². The molecule has 0 spiro atoms. The first-order valence-corrected chi connectivity index (χ1v) is 7.67. The van der Waals surface area contributed by atoms with Crippen LogP contribution in [-0.2, 0) is 4.74 Å². The second-order valence-electron chi connectivity index (χ2n) is 3.98. The Morgan fingerprint density at radius 1 is 1.65 bits per heavy atom. The maximum Gasteiger partial charge on any atom is 0.261 e. The average Bonchev–Trinajstić information content (AvgIpc) is 2.95. The van der Waals surface area contributed by atoms with Crippen molar-refractivity contribution in [3.63, 3.8) is 0 Å². The molecule has 1 aliphatic rings. The fraction of sp³-hybridized carbons (Fsp3) is 0.545. The number of thiophene rings is 1. The largest absolute Gasteiger partial charge is 0.376 e. The molecular formula is C11H14ClNO2S2. The molecule has 0 radical (unpaired) electrons. The summed E-state index contributed by atoms with van der Waals surface area (Å²) < 4.78 is 6.16. The molecule has 1 atom stereocenters. The Balaban J connectivity index is 1.91. The fourth-order valence-corrected chi connectivity index (χ4v) is 4.08. The molecule has 1 aromatic heterocycles. The van der Waals surface area contributed by atoms with Crippen LogP contribution in [0.25, 0.3) is 0 Å². The Morgan fingerprint density at radius 3 is 3.00 bits per heavy atom. The smallest absolute Gasteiger partial charge is 0.261 e. The van der Waals surface area contributed by atoms with Gasteiger partial charge in [-0.25, -0.2) is 0 Å². The van der Waals surface area contributed by atoms with Gasteiger partial charge in [0.25, 0.3) is 5.91 Å². The van der Waals surface area contributed by atoms with E-state index in [0.29, 0.717) is 15.8 Å². The zero-order valence-electron chi connectivity index (χ0n) is 9.49. The number of carbonyl (C=O) groups excluding carboxylic acids is 1. The molecule has 3 nitrogen and oxygen atoms in total. The van der Waals surface area contributed by atoms with Crippen LogP contribution in [0.4, 0.5) is 0 Å². The highest BCUT2D eigenvalue weighted by atomic mass is 35.5. The van der Waals surface area contributed by atoms with Gasteiger partial charge in [0.2, 0.25) is 0 Å². The highest BCUT2D eigenvalue weighted by molar-refractivity contribution is 7.99. The molecule has 1 amide bonds. The van der Waals surface area contributed by atoms with Gasteiger partial charge in [-0.3, -0.25) is 4.79 Å². The second-order valence-corrected chi connectivity index (χ2v) is 6.80. The van der Waals surface area contributed by atoms with Gasteiger partial charge in [0.15, 0.2) is 0 Å². The molecule has 2 rings (SSSR count). The molecule has 1 fully saturated rings. The molecule has 0 bridgehead atoms. The number of nitrogens with one attached hydrogen (secondary N) is 1. The standard InChI is InChI=1S/C11H14ClNO2S2/c1-15-11(4-5-16-7-11)6-13-10(14)8-2-3-9(12)17-8/h2-3H,4-7H2,1H3,(H,13,14)/t11-/m1/s1. The van der Waals surface area contributed by atoms with E-state index in [1.165, 1.54) is 11.3 Å². The van der Waals surface area contributed by atoms with E-state index >= 15 is 0 Å². The van der Waals surface area contributed by atoms with Gasteiger partial charge in [-0.15, -0.1) is 11.3 Å². The quantitative estimate of drug-likeness (QED) is 0.927. The number of hydrogen-bond acceptors (Lipinski definition) is 4. The normalized spacial score (nSPS) is 23.9. The first-order valence-electron chi connectivity index (χ1n) is 5.32. The van der Waals surface area contributed by atoms with Gasteiger partial charge in [-0.1, -0.05) is 11.6 Å². The number of halogens is 1. The van der Waals surface area contributed by atoms with E-state index in [1.54, 1.807) is 19.2 Å². The first kappa shape index (κ1) is 13.2. The molecule has 1 aliphatic heterocycles. The molecular weight excluding hydrogens is 278 g/mol. The average molecular weight is 292 g/mol. The number of ether oxygens (including phenoxy) is 1. The number of carbonyl (C=O) groups is 1. The van der Waals surface area contributed by atoms with Gasteiger partial charge >= 0.3 is 0 Å². The van der Waals surface area contributed by atoms with Crippen LogP contribution >= 0.6 is 34.7 Å². The topological polar surface area (TPSA) is 38.3 Å². The summed E-state index contributed by atoms with van der Waals surface area (Å²) in [5.41, 5.74) is -0.193. The minimum Gasteiger partial charge on any atom is -0.376 e. The zero-order valence-corrected chi connectivity index (χ0v) is 11.9. The molecule has 1 aromatic rings. The lowest BCUT2D eigenvalue weighted by atomic mass is 10.0. The molecule has 0 aliphatic carbocycles.